The van der Waals surface area contributed by atoms with Gasteiger partial charge in [-0.15, -0.1) is 0 Å². The lowest BCUT2D eigenvalue weighted by atomic mass is 9.72. The molecule has 1 heteroatoms. The van der Waals surface area contributed by atoms with Crippen LogP contribution in [0.5, 0.6) is 0 Å². The Morgan fingerprint density at radius 1 is 1.31 bits per heavy atom. The molecule has 3 atom stereocenters. The van der Waals surface area contributed by atoms with E-state index in [4.69, 9.17) is 0 Å². The average Bonchev–Trinajstić information content (AvgIpc) is 2.03. The van der Waals surface area contributed by atoms with Crippen LogP contribution in [-0.2, 0) is 0 Å². The minimum atomic E-state index is -0.0116. The van der Waals surface area contributed by atoms with E-state index in [9.17, 15) is 5.11 Å². The molecule has 1 fully saturated rings. The second-order valence-electron chi connectivity index (χ2n) is 4.96. The van der Waals surface area contributed by atoms with Gasteiger partial charge in [-0.05, 0) is 37.0 Å². The van der Waals surface area contributed by atoms with E-state index in [0.29, 0.717) is 5.92 Å². The molecular formula is C12H24O. The fourth-order valence-electron chi connectivity index (χ4n) is 2.84. The Balaban J connectivity index is 2.49. The van der Waals surface area contributed by atoms with Gasteiger partial charge in [-0.25, -0.2) is 0 Å². The van der Waals surface area contributed by atoms with Crippen molar-refractivity contribution < 1.29 is 5.11 Å². The van der Waals surface area contributed by atoms with Gasteiger partial charge in [-0.2, -0.15) is 0 Å². The van der Waals surface area contributed by atoms with Crippen molar-refractivity contribution in [1.82, 2.24) is 0 Å². The molecule has 1 nitrogen and oxygen atoms in total. The topological polar surface area (TPSA) is 20.2 Å². The van der Waals surface area contributed by atoms with E-state index < -0.39 is 0 Å². The predicted molar refractivity (Wildman–Crippen MR) is 56.6 cm³/mol. The van der Waals surface area contributed by atoms with Crippen LogP contribution >= 0.6 is 0 Å². The zero-order valence-electron chi connectivity index (χ0n) is 9.29. The van der Waals surface area contributed by atoms with Crippen molar-refractivity contribution in [3.05, 3.63) is 0 Å². The number of rotatable bonds is 3. The van der Waals surface area contributed by atoms with E-state index >= 15 is 0 Å². The molecule has 78 valence electrons. The molecule has 0 amide bonds. The third-order valence-electron chi connectivity index (χ3n) is 3.42. The zero-order chi connectivity index (χ0) is 9.84. The maximum atomic E-state index is 9.85. The summed E-state index contributed by atoms with van der Waals surface area (Å²) in [5.74, 6) is 2.15. The van der Waals surface area contributed by atoms with Crippen LogP contribution < -0.4 is 0 Å². The molecule has 0 bridgehead atoms. The first-order valence-electron chi connectivity index (χ1n) is 5.83. The van der Waals surface area contributed by atoms with Crippen LogP contribution in [0.15, 0.2) is 0 Å². The zero-order valence-corrected chi connectivity index (χ0v) is 9.29. The highest BCUT2D eigenvalue weighted by Gasteiger charge is 2.30. The van der Waals surface area contributed by atoms with E-state index in [2.05, 4.69) is 20.8 Å². The molecule has 0 aromatic carbocycles. The summed E-state index contributed by atoms with van der Waals surface area (Å²) >= 11 is 0. The van der Waals surface area contributed by atoms with Gasteiger partial charge in [0.05, 0.1) is 6.10 Å². The number of hydrogen-bond acceptors (Lipinski definition) is 1. The smallest absolute Gasteiger partial charge is 0.0570 e. The standard InChI is InChI=1S/C12H24O/c1-4-11-10(8-9(2)3)6-5-7-12(11)13/h9-13H,4-8H2,1-3H3. The van der Waals surface area contributed by atoms with Gasteiger partial charge in [0.25, 0.3) is 0 Å². The van der Waals surface area contributed by atoms with E-state index in [0.717, 1.165) is 24.7 Å². The van der Waals surface area contributed by atoms with Crippen LogP contribution in [-0.4, -0.2) is 11.2 Å². The van der Waals surface area contributed by atoms with E-state index in [1.54, 1.807) is 0 Å². The molecule has 0 aromatic rings. The molecule has 1 N–H and O–H groups in total. The molecule has 3 unspecified atom stereocenters. The minimum Gasteiger partial charge on any atom is -0.393 e. The monoisotopic (exact) mass is 184 g/mol. The van der Waals surface area contributed by atoms with Crippen molar-refractivity contribution in [2.24, 2.45) is 17.8 Å². The summed E-state index contributed by atoms with van der Waals surface area (Å²) in [7, 11) is 0. The molecule has 13 heavy (non-hydrogen) atoms. The van der Waals surface area contributed by atoms with Gasteiger partial charge in [0.2, 0.25) is 0 Å². The summed E-state index contributed by atoms with van der Waals surface area (Å²) in [4.78, 5) is 0. The van der Waals surface area contributed by atoms with Crippen LogP contribution in [0.25, 0.3) is 0 Å². The van der Waals surface area contributed by atoms with Gasteiger partial charge in [0.15, 0.2) is 0 Å². The van der Waals surface area contributed by atoms with Crippen LogP contribution in [0.3, 0.4) is 0 Å². The van der Waals surface area contributed by atoms with Gasteiger partial charge < -0.3 is 5.11 Å². The Kier molecular flexibility index (Phi) is 4.24. The molecule has 0 aliphatic heterocycles. The van der Waals surface area contributed by atoms with E-state index in [1.807, 2.05) is 0 Å². The van der Waals surface area contributed by atoms with Crippen molar-refractivity contribution in [3.8, 4) is 0 Å². The first-order chi connectivity index (χ1) is 6.15. The Morgan fingerprint density at radius 3 is 2.54 bits per heavy atom. The number of aliphatic hydroxyl groups excluding tert-OH is 1. The van der Waals surface area contributed by atoms with Gasteiger partial charge in [0, 0.05) is 0 Å². The Labute approximate surface area is 82.5 Å². The molecule has 0 spiro atoms. The maximum absolute atomic E-state index is 9.85. The lowest BCUT2D eigenvalue weighted by Gasteiger charge is -2.36. The molecule has 1 aliphatic rings. The largest absolute Gasteiger partial charge is 0.393 e. The highest BCUT2D eigenvalue weighted by molar-refractivity contribution is 4.81. The second-order valence-corrected chi connectivity index (χ2v) is 4.96. The van der Waals surface area contributed by atoms with Crippen molar-refractivity contribution in [2.45, 2.75) is 59.0 Å². The maximum Gasteiger partial charge on any atom is 0.0570 e. The van der Waals surface area contributed by atoms with Crippen molar-refractivity contribution in [3.63, 3.8) is 0 Å². The normalized spacial score (nSPS) is 35.3. The molecule has 0 saturated heterocycles. The van der Waals surface area contributed by atoms with Crippen LogP contribution in [0.1, 0.15) is 52.9 Å². The quantitative estimate of drug-likeness (QED) is 0.714. The summed E-state index contributed by atoms with van der Waals surface area (Å²) in [5.41, 5.74) is 0. The average molecular weight is 184 g/mol. The van der Waals surface area contributed by atoms with Crippen molar-refractivity contribution in [2.75, 3.05) is 0 Å². The first kappa shape index (κ1) is 11.0. The molecule has 0 heterocycles. The summed E-state index contributed by atoms with van der Waals surface area (Å²) in [6.45, 7) is 6.79. The van der Waals surface area contributed by atoms with E-state index in [-0.39, 0.29) is 6.10 Å². The molecule has 0 radical (unpaired) electrons. The highest BCUT2D eigenvalue weighted by Crippen LogP contribution is 2.36. The summed E-state index contributed by atoms with van der Waals surface area (Å²) in [6.07, 6.45) is 6.05. The van der Waals surface area contributed by atoms with Crippen LogP contribution in [0, 0.1) is 17.8 Å². The molecular weight excluding hydrogens is 160 g/mol. The molecule has 1 rings (SSSR count). The number of hydrogen-bond donors (Lipinski definition) is 1. The van der Waals surface area contributed by atoms with Crippen molar-refractivity contribution in [1.29, 1.82) is 0 Å². The highest BCUT2D eigenvalue weighted by atomic mass is 16.3. The Morgan fingerprint density at radius 2 is 2.00 bits per heavy atom. The lowest BCUT2D eigenvalue weighted by Crippen LogP contribution is -2.32. The van der Waals surface area contributed by atoms with Crippen molar-refractivity contribution >= 4 is 0 Å². The first-order valence-corrected chi connectivity index (χ1v) is 5.83. The third-order valence-corrected chi connectivity index (χ3v) is 3.42. The van der Waals surface area contributed by atoms with Gasteiger partial charge in [-0.1, -0.05) is 33.6 Å². The minimum absolute atomic E-state index is 0.0116. The van der Waals surface area contributed by atoms with Gasteiger partial charge in [0.1, 0.15) is 0 Å². The van der Waals surface area contributed by atoms with Crippen LogP contribution in [0.4, 0.5) is 0 Å². The number of aliphatic hydroxyl groups is 1. The van der Waals surface area contributed by atoms with Gasteiger partial charge >= 0.3 is 0 Å². The molecule has 1 saturated carbocycles. The molecule has 0 aromatic heterocycles. The third kappa shape index (κ3) is 2.98. The summed E-state index contributed by atoms with van der Waals surface area (Å²) in [6, 6.07) is 0. The summed E-state index contributed by atoms with van der Waals surface area (Å²) < 4.78 is 0. The van der Waals surface area contributed by atoms with Gasteiger partial charge in [-0.3, -0.25) is 0 Å². The lowest BCUT2D eigenvalue weighted by molar-refractivity contribution is 0.0234. The predicted octanol–water partition coefficient (Wildman–Crippen LogP) is 3.22. The second kappa shape index (κ2) is 4.99. The van der Waals surface area contributed by atoms with E-state index in [1.165, 1.54) is 19.3 Å². The SMILES string of the molecule is CCC1C(O)CCCC1CC(C)C. The fraction of sp³-hybridized carbons (Fsp3) is 1.00. The molecule has 1 aliphatic carbocycles. The summed E-state index contributed by atoms with van der Waals surface area (Å²) in [5, 5.41) is 9.85. The fourth-order valence-corrected chi connectivity index (χ4v) is 2.84. The Hall–Kier alpha value is -0.0400. The Bertz CT molecular complexity index is 142. The van der Waals surface area contributed by atoms with Crippen LogP contribution in [0.2, 0.25) is 0 Å².